The number of rotatable bonds is 3. The first-order valence-corrected chi connectivity index (χ1v) is 5.32. The fourth-order valence-corrected chi connectivity index (χ4v) is 1.80. The molecule has 1 heteroatoms. The van der Waals surface area contributed by atoms with Gasteiger partial charge in [0.1, 0.15) is 0 Å². The molecule has 0 spiro atoms. The van der Waals surface area contributed by atoms with E-state index in [-0.39, 0.29) is 6.10 Å². The summed E-state index contributed by atoms with van der Waals surface area (Å²) in [5.41, 5.74) is 3.50. The standard InChI is InChI=1S/C13H20O/c1-5-9(2)13(14)12-10(3)7-6-8-11(12)4/h6-9,13-14H,5H2,1-4H3. The maximum Gasteiger partial charge on any atom is 0.0820 e. The lowest BCUT2D eigenvalue weighted by Gasteiger charge is -2.21. The molecule has 2 unspecified atom stereocenters. The molecule has 78 valence electrons. The van der Waals surface area contributed by atoms with Gasteiger partial charge < -0.3 is 5.11 Å². The van der Waals surface area contributed by atoms with Gasteiger partial charge in [0.05, 0.1) is 6.10 Å². The fourth-order valence-electron chi connectivity index (χ4n) is 1.80. The van der Waals surface area contributed by atoms with Crippen LogP contribution in [0.4, 0.5) is 0 Å². The Morgan fingerprint density at radius 3 is 2.14 bits per heavy atom. The maximum atomic E-state index is 10.2. The number of aryl methyl sites for hydroxylation is 2. The Bertz CT molecular complexity index is 284. The van der Waals surface area contributed by atoms with Crippen molar-refractivity contribution in [3.63, 3.8) is 0 Å². The summed E-state index contributed by atoms with van der Waals surface area (Å²) in [5, 5.41) is 10.2. The van der Waals surface area contributed by atoms with Crippen molar-refractivity contribution in [1.29, 1.82) is 0 Å². The highest BCUT2D eigenvalue weighted by molar-refractivity contribution is 5.35. The smallest absolute Gasteiger partial charge is 0.0820 e. The maximum absolute atomic E-state index is 10.2. The summed E-state index contributed by atoms with van der Waals surface area (Å²) < 4.78 is 0. The summed E-state index contributed by atoms with van der Waals surface area (Å²) in [4.78, 5) is 0. The third-order valence-electron chi connectivity index (χ3n) is 3.02. The Kier molecular flexibility index (Phi) is 3.70. The van der Waals surface area contributed by atoms with Gasteiger partial charge in [-0.1, -0.05) is 38.5 Å². The predicted molar refractivity (Wildman–Crippen MR) is 60.3 cm³/mol. The van der Waals surface area contributed by atoms with E-state index < -0.39 is 0 Å². The van der Waals surface area contributed by atoms with E-state index in [1.807, 2.05) is 6.07 Å². The molecule has 0 aliphatic carbocycles. The van der Waals surface area contributed by atoms with Gasteiger partial charge in [0, 0.05) is 0 Å². The SMILES string of the molecule is CCC(C)C(O)c1c(C)cccc1C. The molecular weight excluding hydrogens is 172 g/mol. The summed E-state index contributed by atoms with van der Waals surface area (Å²) in [6.07, 6.45) is 0.691. The van der Waals surface area contributed by atoms with Gasteiger partial charge in [0.2, 0.25) is 0 Å². The topological polar surface area (TPSA) is 20.2 Å². The highest BCUT2D eigenvalue weighted by atomic mass is 16.3. The Hall–Kier alpha value is -0.820. The first-order valence-electron chi connectivity index (χ1n) is 5.32. The van der Waals surface area contributed by atoms with Gasteiger partial charge in [-0.05, 0) is 36.5 Å². The van der Waals surface area contributed by atoms with Gasteiger partial charge >= 0.3 is 0 Å². The summed E-state index contributed by atoms with van der Waals surface area (Å²) in [7, 11) is 0. The van der Waals surface area contributed by atoms with E-state index in [4.69, 9.17) is 0 Å². The molecule has 0 aliphatic heterocycles. The third kappa shape index (κ3) is 2.16. The fraction of sp³-hybridized carbons (Fsp3) is 0.538. The summed E-state index contributed by atoms with van der Waals surface area (Å²) in [6.45, 7) is 8.33. The lowest BCUT2D eigenvalue weighted by Crippen LogP contribution is -2.11. The Balaban J connectivity index is 3.05. The molecule has 0 fully saturated rings. The highest BCUT2D eigenvalue weighted by Crippen LogP contribution is 2.29. The van der Waals surface area contributed by atoms with Gasteiger partial charge in [-0.15, -0.1) is 0 Å². The second-order valence-corrected chi connectivity index (χ2v) is 4.14. The number of aliphatic hydroxyl groups is 1. The predicted octanol–water partition coefficient (Wildman–Crippen LogP) is 3.38. The van der Waals surface area contributed by atoms with Gasteiger partial charge in [-0.3, -0.25) is 0 Å². The number of hydrogen-bond acceptors (Lipinski definition) is 1. The normalized spacial score (nSPS) is 15.2. The molecule has 0 amide bonds. The summed E-state index contributed by atoms with van der Waals surface area (Å²) in [5.74, 6) is 0.329. The quantitative estimate of drug-likeness (QED) is 0.778. The molecule has 1 N–H and O–H groups in total. The van der Waals surface area contributed by atoms with Crippen LogP contribution in [0.2, 0.25) is 0 Å². The van der Waals surface area contributed by atoms with Crippen LogP contribution in [0.25, 0.3) is 0 Å². The molecular formula is C13H20O. The first-order chi connectivity index (χ1) is 6.57. The van der Waals surface area contributed by atoms with E-state index in [1.165, 1.54) is 11.1 Å². The van der Waals surface area contributed by atoms with Crippen molar-refractivity contribution >= 4 is 0 Å². The second-order valence-electron chi connectivity index (χ2n) is 4.14. The van der Waals surface area contributed by atoms with Crippen LogP contribution in [0.15, 0.2) is 18.2 Å². The van der Waals surface area contributed by atoms with Crippen LogP contribution in [0.3, 0.4) is 0 Å². The average molecular weight is 192 g/mol. The van der Waals surface area contributed by atoms with Gasteiger partial charge in [0.15, 0.2) is 0 Å². The lowest BCUT2D eigenvalue weighted by molar-refractivity contribution is 0.114. The molecule has 2 atom stereocenters. The zero-order chi connectivity index (χ0) is 10.7. The van der Waals surface area contributed by atoms with Crippen LogP contribution < -0.4 is 0 Å². The van der Waals surface area contributed by atoms with Crippen molar-refractivity contribution in [2.75, 3.05) is 0 Å². The minimum Gasteiger partial charge on any atom is -0.388 e. The Morgan fingerprint density at radius 1 is 1.21 bits per heavy atom. The van der Waals surface area contributed by atoms with Crippen molar-refractivity contribution in [2.45, 2.75) is 40.2 Å². The number of hydrogen-bond donors (Lipinski definition) is 1. The van der Waals surface area contributed by atoms with Crippen molar-refractivity contribution in [1.82, 2.24) is 0 Å². The van der Waals surface area contributed by atoms with Crippen LogP contribution >= 0.6 is 0 Å². The molecule has 1 rings (SSSR count). The highest BCUT2D eigenvalue weighted by Gasteiger charge is 2.17. The minimum atomic E-state index is -0.318. The Morgan fingerprint density at radius 2 is 1.71 bits per heavy atom. The van der Waals surface area contributed by atoms with Crippen molar-refractivity contribution < 1.29 is 5.11 Å². The largest absolute Gasteiger partial charge is 0.388 e. The minimum absolute atomic E-state index is 0.318. The molecule has 0 saturated carbocycles. The second kappa shape index (κ2) is 4.61. The van der Waals surface area contributed by atoms with E-state index in [9.17, 15) is 5.11 Å². The molecule has 14 heavy (non-hydrogen) atoms. The van der Waals surface area contributed by atoms with E-state index in [0.717, 1.165) is 12.0 Å². The van der Waals surface area contributed by atoms with E-state index >= 15 is 0 Å². The van der Waals surface area contributed by atoms with Gasteiger partial charge in [0.25, 0.3) is 0 Å². The zero-order valence-corrected chi connectivity index (χ0v) is 9.54. The van der Waals surface area contributed by atoms with Crippen LogP contribution in [-0.4, -0.2) is 5.11 Å². The number of aliphatic hydroxyl groups excluding tert-OH is 1. The summed E-state index contributed by atoms with van der Waals surface area (Å²) >= 11 is 0. The molecule has 0 radical (unpaired) electrons. The van der Waals surface area contributed by atoms with E-state index in [2.05, 4.69) is 39.8 Å². The van der Waals surface area contributed by atoms with Crippen LogP contribution in [0, 0.1) is 19.8 Å². The van der Waals surface area contributed by atoms with Gasteiger partial charge in [-0.25, -0.2) is 0 Å². The van der Waals surface area contributed by atoms with Crippen LogP contribution in [0.1, 0.15) is 43.1 Å². The molecule has 0 aromatic heterocycles. The van der Waals surface area contributed by atoms with Crippen molar-refractivity contribution in [3.8, 4) is 0 Å². The molecule has 0 bridgehead atoms. The molecule has 0 saturated heterocycles. The molecule has 1 nitrogen and oxygen atoms in total. The molecule has 1 aromatic carbocycles. The zero-order valence-electron chi connectivity index (χ0n) is 9.54. The van der Waals surface area contributed by atoms with Crippen molar-refractivity contribution in [3.05, 3.63) is 34.9 Å². The monoisotopic (exact) mass is 192 g/mol. The first kappa shape index (κ1) is 11.3. The average Bonchev–Trinajstić information content (AvgIpc) is 2.16. The molecule has 0 heterocycles. The molecule has 1 aromatic rings. The Labute approximate surface area is 86.8 Å². The van der Waals surface area contributed by atoms with Gasteiger partial charge in [-0.2, -0.15) is 0 Å². The van der Waals surface area contributed by atoms with Crippen LogP contribution in [0.5, 0.6) is 0 Å². The van der Waals surface area contributed by atoms with E-state index in [1.54, 1.807) is 0 Å². The lowest BCUT2D eigenvalue weighted by atomic mass is 9.89. The van der Waals surface area contributed by atoms with Crippen LogP contribution in [-0.2, 0) is 0 Å². The number of benzene rings is 1. The third-order valence-corrected chi connectivity index (χ3v) is 3.02. The molecule has 0 aliphatic rings. The van der Waals surface area contributed by atoms with E-state index in [0.29, 0.717) is 5.92 Å². The van der Waals surface area contributed by atoms with Crippen molar-refractivity contribution in [2.24, 2.45) is 5.92 Å². The summed E-state index contributed by atoms with van der Waals surface area (Å²) in [6, 6.07) is 6.17.